The van der Waals surface area contributed by atoms with Crippen molar-refractivity contribution in [3.8, 4) is 0 Å². The number of hydrogen-bond donors (Lipinski definition) is 0. The van der Waals surface area contributed by atoms with Crippen LogP contribution in [0.4, 0.5) is 0 Å². The molecule has 0 saturated carbocycles. The van der Waals surface area contributed by atoms with Gasteiger partial charge >= 0.3 is 0 Å². The van der Waals surface area contributed by atoms with Crippen molar-refractivity contribution in [1.29, 1.82) is 0 Å². The first kappa shape index (κ1) is 18.2. The fraction of sp³-hybridized carbons (Fsp3) is 0.263. The monoisotopic (exact) mass is 403 g/mol. The van der Waals surface area contributed by atoms with Crippen molar-refractivity contribution < 1.29 is 12.8 Å². The fourth-order valence-corrected chi connectivity index (χ4v) is 5.12. The summed E-state index contributed by atoms with van der Waals surface area (Å²) >= 11 is 6.20. The molecule has 140 valence electrons. The van der Waals surface area contributed by atoms with Crippen LogP contribution < -0.4 is 0 Å². The van der Waals surface area contributed by atoms with Gasteiger partial charge < -0.3 is 4.42 Å². The first-order valence-electron chi connectivity index (χ1n) is 8.65. The Balaban J connectivity index is 1.58. The van der Waals surface area contributed by atoms with E-state index < -0.39 is 16.1 Å². The van der Waals surface area contributed by atoms with Crippen LogP contribution >= 0.6 is 11.6 Å². The van der Waals surface area contributed by atoms with E-state index in [1.807, 2.05) is 24.3 Å². The topological polar surface area (TPSA) is 76.3 Å². The second-order valence-corrected chi connectivity index (χ2v) is 8.69. The Kier molecular flexibility index (Phi) is 4.99. The highest BCUT2D eigenvalue weighted by Crippen LogP contribution is 2.36. The lowest BCUT2D eigenvalue weighted by molar-refractivity contribution is 0.322. The Morgan fingerprint density at radius 2 is 2.04 bits per heavy atom. The molecule has 0 spiro atoms. The molecule has 1 aromatic carbocycles. The molecule has 1 saturated heterocycles. The Morgan fingerprint density at radius 3 is 2.81 bits per heavy atom. The summed E-state index contributed by atoms with van der Waals surface area (Å²) in [4.78, 5) is 8.45. The normalized spacial score (nSPS) is 18.0. The van der Waals surface area contributed by atoms with Gasteiger partial charge in [-0.25, -0.2) is 13.4 Å². The number of aromatic nitrogens is 2. The summed E-state index contributed by atoms with van der Waals surface area (Å²) in [5.41, 5.74) is 0.938. The van der Waals surface area contributed by atoms with Gasteiger partial charge in [0.15, 0.2) is 0 Å². The predicted molar refractivity (Wildman–Crippen MR) is 101 cm³/mol. The number of halogens is 1. The molecule has 8 heteroatoms. The van der Waals surface area contributed by atoms with E-state index in [0.717, 1.165) is 12.0 Å². The fourth-order valence-electron chi connectivity index (χ4n) is 3.30. The van der Waals surface area contributed by atoms with Gasteiger partial charge in [-0.05, 0) is 36.6 Å². The van der Waals surface area contributed by atoms with Gasteiger partial charge in [0.25, 0.3) is 0 Å². The van der Waals surface area contributed by atoms with E-state index in [1.54, 1.807) is 24.5 Å². The van der Waals surface area contributed by atoms with Crippen LogP contribution in [-0.2, 0) is 16.4 Å². The van der Waals surface area contributed by atoms with E-state index in [0.29, 0.717) is 36.1 Å². The number of pyridine rings is 1. The van der Waals surface area contributed by atoms with Crippen LogP contribution in [0.5, 0.6) is 0 Å². The van der Waals surface area contributed by atoms with Gasteiger partial charge in [0, 0.05) is 30.4 Å². The minimum atomic E-state index is -3.64. The van der Waals surface area contributed by atoms with E-state index in [1.165, 1.54) is 10.5 Å². The molecular weight excluding hydrogens is 386 g/mol. The summed E-state index contributed by atoms with van der Waals surface area (Å²) in [5.74, 6) is 1.07. The molecule has 1 atom stereocenters. The molecule has 0 unspecified atom stereocenters. The molecule has 2 aromatic heterocycles. The second kappa shape index (κ2) is 7.42. The van der Waals surface area contributed by atoms with E-state index >= 15 is 0 Å². The maximum Gasteiger partial charge on any atom is 0.245 e. The molecule has 3 aromatic rings. The van der Waals surface area contributed by atoms with Gasteiger partial charge in [0.05, 0.1) is 6.20 Å². The quantitative estimate of drug-likeness (QED) is 0.646. The number of oxazole rings is 1. The molecule has 6 nitrogen and oxygen atoms in total. The third kappa shape index (κ3) is 3.63. The van der Waals surface area contributed by atoms with Gasteiger partial charge in [-0.3, -0.25) is 4.98 Å². The van der Waals surface area contributed by atoms with E-state index in [-0.39, 0.29) is 4.90 Å². The highest BCUT2D eigenvalue weighted by atomic mass is 35.5. The minimum absolute atomic E-state index is 0.180. The molecule has 4 rings (SSSR count). The summed E-state index contributed by atoms with van der Waals surface area (Å²) in [5, 5.41) is 0.664. The van der Waals surface area contributed by atoms with Crippen molar-refractivity contribution in [2.45, 2.75) is 30.2 Å². The van der Waals surface area contributed by atoms with Gasteiger partial charge in [0.1, 0.15) is 16.7 Å². The van der Waals surface area contributed by atoms with Gasteiger partial charge in [-0.1, -0.05) is 29.8 Å². The smallest absolute Gasteiger partial charge is 0.245 e. The van der Waals surface area contributed by atoms with Crippen LogP contribution in [0.15, 0.2) is 64.3 Å². The second-order valence-electron chi connectivity index (χ2n) is 6.40. The SMILES string of the molecule is O=S(=O)(c1cccnc1)N1CCC[C@@H]1c1ncc(Cc2ccccc2Cl)o1. The standard InChI is InChI=1S/C19H18ClN3O3S/c20-17-7-2-1-5-14(17)11-15-12-22-19(26-15)18-8-4-10-23(18)27(24,25)16-6-3-9-21-13-16/h1-3,5-7,9,12-13,18H,4,8,10-11H2/t18-/m1/s1. The zero-order valence-electron chi connectivity index (χ0n) is 14.5. The molecular formula is C19H18ClN3O3S. The number of rotatable bonds is 5. The van der Waals surface area contributed by atoms with Crippen LogP contribution in [0.25, 0.3) is 0 Å². The zero-order chi connectivity index (χ0) is 18.9. The van der Waals surface area contributed by atoms with Crippen LogP contribution in [0.3, 0.4) is 0 Å². The molecule has 0 bridgehead atoms. The predicted octanol–water partition coefficient (Wildman–Crippen LogP) is 3.84. The Morgan fingerprint density at radius 1 is 1.19 bits per heavy atom. The maximum atomic E-state index is 13.0. The first-order chi connectivity index (χ1) is 13.1. The molecule has 1 fully saturated rings. The summed E-state index contributed by atoms with van der Waals surface area (Å²) < 4.78 is 33.3. The summed E-state index contributed by atoms with van der Waals surface area (Å²) in [7, 11) is -3.64. The zero-order valence-corrected chi connectivity index (χ0v) is 16.0. The lowest BCUT2D eigenvalue weighted by atomic mass is 10.1. The molecule has 0 N–H and O–H groups in total. The molecule has 3 heterocycles. The van der Waals surface area contributed by atoms with Crippen molar-refractivity contribution in [1.82, 2.24) is 14.3 Å². The average Bonchev–Trinajstić information content (AvgIpc) is 3.34. The molecule has 1 aliphatic rings. The third-order valence-electron chi connectivity index (χ3n) is 4.62. The molecule has 1 aliphatic heterocycles. The van der Waals surface area contributed by atoms with Crippen molar-refractivity contribution in [3.63, 3.8) is 0 Å². The number of benzene rings is 1. The van der Waals surface area contributed by atoms with E-state index in [2.05, 4.69) is 9.97 Å². The van der Waals surface area contributed by atoms with Gasteiger partial charge in [-0.15, -0.1) is 0 Å². The lowest BCUT2D eigenvalue weighted by Crippen LogP contribution is -2.30. The van der Waals surface area contributed by atoms with Gasteiger partial charge in [-0.2, -0.15) is 4.31 Å². The molecule has 0 aliphatic carbocycles. The van der Waals surface area contributed by atoms with Crippen LogP contribution in [-0.4, -0.2) is 29.2 Å². The third-order valence-corrected chi connectivity index (χ3v) is 6.88. The van der Waals surface area contributed by atoms with Crippen molar-refractivity contribution in [3.05, 3.63) is 77.2 Å². The Bertz CT molecular complexity index is 1040. The number of sulfonamides is 1. The maximum absolute atomic E-state index is 13.0. The van der Waals surface area contributed by atoms with E-state index in [9.17, 15) is 8.42 Å². The largest absolute Gasteiger partial charge is 0.444 e. The van der Waals surface area contributed by atoms with Gasteiger partial charge in [0.2, 0.25) is 15.9 Å². The summed E-state index contributed by atoms with van der Waals surface area (Å²) in [6.45, 7) is 0.435. The highest BCUT2D eigenvalue weighted by molar-refractivity contribution is 7.89. The Labute approximate surface area is 162 Å². The van der Waals surface area contributed by atoms with Crippen molar-refractivity contribution in [2.24, 2.45) is 0 Å². The number of hydrogen-bond acceptors (Lipinski definition) is 5. The van der Waals surface area contributed by atoms with E-state index in [4.69, 9.17) is 16.0 Å². The summed E-state index contributed by atoms with van der Waals surface area (Å²) in [6, 6.07) is 10.3. The highest BCUT2D eigenvalue weighted by Gasteiger charge is 2.38. The number of nitrogens with zero attached hydrogens (tertiary/aromatic N) is 3. The molecule has 0 radical (unpaired) electrons. The molecule has 0 amide bonds. The van der Waals surface area contributed by atoms with Crippen LogP contribution in [0.2, 0.25) is 5.02 Å². The van der Waals surface area contributed by atoms with Crippen LogP contribution in [0.1, 0.15) is 36.1 Å². The first-order valence-corrected chi connectivity index (χ1v) is 10.5. The Hall–Kier alpha value is -2.22. The average molecular weight is 404 g/mol. The van der Waals surface area contributed by atoms with Crippen molar-refractivity contribution >= 4 is 21.6 Å². The van der Waals surface area contributed by atoms with Crippen LogP contribution in [0, 0.1) is 0 Å². The summed E-state index contributed by atoms with van der Waals surface area (Å²) in [6.07, 6.45) is 6.50. The lowest BCUT2D eigenvalue weighted by Gasteiger charge is -2.21. The molecule has 27 heavy (non-hydrogen) atoms. The van der Waals surface area contributed by atoms with Crippen molar-refractivity contribution in [2.75, 3.05) is 6.54 Å². The minimum Gasteiger partial charge on any atom is -0.444 e.